The van der Waals surface area contributed by atoms with Crippen LogP contribution in [0.2, 0.25) is 0 Å². The molecule has 0 saturated heterocycles. The zero-order valence-electron chi connectivity index (χ0n) is 13.9. The number of nitrogens with zero attached hydrogens (tertiary/aromatic N) is 1. The molecule has 7 nitrogen and oxygen atoms in total. The average Bonchev–Trinajstić information content (AvgIpc) is 3.01. The minimum Gasteiger partial charge on any atom is -0.493 e. The number of carbonyl (C=O) groups excluding carboxylic acids is 2. The van der Waals surface area contributed by atoms with E-state index in [0.29, 0.717) is 27.6 Å². The van der Waals surface area contributed by atoms with E-state index in [1.54, 1.807) is 48.7 Å². The van der Waals surface area contributed by atoms with E-state index in [4.69, 9.17) is 9.47 Å². The molecule has 0 aliphatic rings. The van der Waals surface area contributed by atoms with Crippen LogP contribution in [0.5, 0.6) is 11.5 Å². The quantitative estimate of drug-likeness (QED) is 0.782. The molecule has 128 valence electrons. The number of ether oxygens (including phenoxy) is 2. The number of hydrazine groups is 1. The van der Waals surface area contributed by atoms with Gasteiger partial charge < -0.3 is 14.8 Å². The van der Waals surface area contributed by atoms with Gasteiger partial charge in [0.2, 0.25) is 0 Å². The first-order valence-electron chi connectivity index (χ1n) is 7.05. The van der Waals surface area contributed by atoms with Crippen LogP contribution in [0.4, 0.5) is 5.00 Å². The third-order valence-electron chi connectivity index (χ3n) is 3.11. The maximum atomic E-state index is 12.4. The standard InChI is InChI=1S/C16H19N3O4S/c1-19(2)18-15(21)11-7-8-24-16(11)17-14(20)10-5-6-12(22-3)13(9-10)23-4/h5-9H,1-4H3,(H,17,20)(H,18,21). The van der Waals surface area contributed by atoms with Crippen molar-refractivity contribution in [3.05, 3.63) is 40.8 Å². The van der Waals surface area contributed by atoms with Crippen LogP contribution < -0.4 is 20.2 Å². The van der Waals surface area contributed by atoms with Gasteiger partial charge in [0.1, 0.15) is 5.00 Å². The van der Waals surface area contributed by atoms with Crippen LogP contribution in [0.25, 0.3) is 0 Å². The predicted octanol–water partition coefficient (Wildman–Crippen LogP) is 2.22. The second-order valence-electron chi connectivity index (χ2n) is 5.02. The molecule has 0 radical (unpaired) electrons. The third-order valence-corrected chi connectivity index (χ3v) is 3.94. The van der Waals surface area contributed by atoms with Crippen molar-refractivity contribution >= 4 is 28.2 Å². The molecular weight excluding hydrogens is 330 g/mol. The number of rotatable bonds is 6. The van der Waals surface area contributed by atoms with Gasteiger partial charge in [0.05, 0.1) is 19.8 Å². The lowest BCUT2D eigenvalue weighted by Crippen LogP contribution is -2.36. The van der Waals surface area contributed by atoms with Crippen molar-refractivity contribution < 1.29 is 19.1 Å². The Morgan fingerprint density at radius 1 is 1.04 bits per heavy atom. The summed E-state index contributed by atoms with van der Waals surface area (Å²) in [7, 11) is 6.46. The molecule has 0 aliphatic heterocycles. The number of thiophene rings is 1. The minimum absolute atomic E-state index is 0.288. The van der Waals surface area contributed by atoms with Gasteiger partial charge in [0.25, 0.3) is 11.8 Å². The molecule has 1 aromatic heterocycles. The van der Waals surface area contributed by atoms with Crippen molar-refractivity contribution in [2.75, 3.05) is 33.6 Å². The molecule has 0 spiro atoms. The molecule has 1 aromatic carbocycles. The largest absolute Gasteiger partial charge is 0.493 e. The molecule has 2 aromatic rings. The van der Waals surface area contributed by atoms with Crippen LogP contribution in [-0.4, -0.2) is 45.1 Å². The Bertz CT molecular complexity index is 743. The lowest BCUT2D eigenvalue weighted by molar-refractivity contribution is 0.0858. The first-order chi connectivity index (χ1) is 11.5. The smallest absolute Gasteiger partial charge is 0.268 e. The van der Waals surface area contributed by atoms with Gasteiger partial charge in [0, 0.05) is 19.7 Å². The maximum absolute atomic E-state index is 12.4. The summed E-state index contributed by atoms with van der Waals surface area (Å²) < 4.78 is 10.3. The molecule has 2 N–H and O–H groups in total. The normalized spacial score (nSPS) is 10.4. The number of nitrogens with one attached hydrogen (secondary N) is 2. The number of benzene rings is 1. The Hall–Kier alpha value is -2.58. The Morgan fingerprint density at radius 3 is 2.38 bits per heavy atom. The van der Waals surface area contributed by atoms with Gasteiger partial charge in [-0.15, -0.1) is 11.3 Å². The van der Waals surface area contributed by atoms with Gasteiger partial charge in [-0.05, 0) is 29.6 Å². The van der Waals surface area contributed by atoms with Crippen LogP contribution in [0.1, 0.15) is 20.7 Å². The highest BCUT2D eigenvalue weighted by Crippen LogP contribution is 2.29. The van der Waals surface area contributed by atoms with Crippen molar-refractivity contribution in [3.63, 3.8) is 0 Å². The lowest BCUT2D eigenvalue weighted by atomic mass is 10.2. The molecule has 1 heterocycles. The average molecular weight is 349 g/mol. The fourth-order valence-corrected chi connectivity index (χ4v) is 2.78. The zero-order chi connectivity index (χ0) is 17.7. The summed E-state index contributed by atoms with van der Waals surface area (Å²) in [6.07, 6.45) is 0. The van der Waals surface area contributed by atoms with Crippen molar-refractivity contribution in [1.82, 2.24) is 10.4 Å². The molecule has 0 aliphatic carbocycles. The van der Waals surface area contributed by atoms with Gasteiger partial charge in [-0.3, -0.25) is 15.0 Å². The van der Waals surface area contributed by atoms with E-state index in [2.05, 4.69) is 10.7 Å². The summed E-state index contributed by atoms with van der Waals surface area (Å²) in [5, 5.41) is 6.52. The Morgan fingerprint density at radius 2 is 1.75 bits per heavy atom. The van der Waals surface area contributed by atoms with Crippen LogP contribution in [0.15, 0.2) is 29.6 Å². The van der Waals surface area contributed by atoms with Crippen LogP contribution in [-0.2, 0) is 0 Å². The van der Waals surface area contributed by atoms with Crippen molar-refractivity contribution in [2.45, 2.75) is 0 Å². The Kier molecular flexibility index (Phi) is 5.78. The van der Waals surface area contributed by atoms with Gasteiger partial charge >= 0.3 is 0 Å². The summed E-state index contributed by atoms with van der Waals surface area (Å²) in [6.45, 7) is 0. The number of hydrogen-bond acceptors (Lipinski definition) is 6. The van der Waals surface area contributed by atoms with E-state index < -0.39 is 0 Å². The summed E-state index contributed by atoms with van der Waals surface area (Å²) >= 11 is 1.28. The molecule has 24 heavy (non-hydrogen) atoms. The van der Waals surface area contributed by atoms with E-state index in [1.807, 2.05) is 0 Å². The van der Waals surface area contributed by atoms with Gasteiger partial charge in [-0.25, -0.2) is 5.01 Å². The van der Waals surface area contributed by atoms with E-state index in [9.17, 15) is 9.59 Å². The van der Waals surface area contributed by atoms with Crippen LogP contribution in [0.3, 0.4) is 0 Å². The monoisotopic (exact) mass is 349 g/mol. The zero-order valence-corrected chi connectivity index (χ0v) is 14.7. The second-order valence-corrected chi connectivity index (χ2v) is 5.94. The van der Waals surface area contributed by atoms with Crippen LogP contribution >= 0.6 is 11.3 Å². The summed E-state index contributed by atoms with van der Waals surface area (Å²) in [6, 6.07) is 6.53. The fraction of sp³-hybridized carbons (Fsp3) is 0.250. The number of amides is 2. The minimum atomic E-state index is -0.336. The molecule has 0 fully saturated rings. The summed E-state index contributed by atoms with van der Waals surface area (Å²) in [5.41, 5.74) is 3.45. The highest BCUT2D eigenvalue weighted by Gasteiger charge is 2.17. The third kappa shape index (κ3) is 4.03. The second kappa shape index (κ2) is 7.80. The van der Waals surface area contributed by atoms with E-state index in [0.717, 1.165) is 0 Å². The lowest BCUT2D eigenvalue weighted by Gasteiger charge is -2.13. The van der Waals surface area contributed by atoms with Gasteiger partial charge in [-0.2, -0.15) is 0 Å². The summed E-state index contributed by atoms with van der Waals surface area (Å²) in [5.74, 6) is 0.374. The van der Waals surface area contributed by atoms with Crippen LogP contribution in [0, 0.1) is 0 Å². The fourth-order valence-electron chi connectivity index (χ4n) is 2.00. The van der Waals surface area contributed by atoms with Gasteiger partial charge in [0.15, 0.2) is 11.5 Å². The van der Waals surface area contributed by atoms with E-state index >= 15 is 0 Å². The maximum Gasteiger partial charge on any atom is 0.268 e. The number of hydrogen-bond donors (Lipinski definition) is 2. The highest BCUT2D eigenvalue weighted by atomic mass is 32.1. The molecular formula is C16H19N3O4S. The molecule has 2 rings (SSSR count). The van der Waals surface area contributed by atoms with Crippen molar-refractivity contribution in [1.29, 1.82) is 0 Å². The van der Waals surface area contributed by atoms with Crippen molar-refractivity contribution in [3.8, 4) is 11.5 Å². The number of carbonyl (C=O) groups is 2. The predicted molar refractivity (Wildman–Crippen MR) is 93.0 cm³/mol. The molecule has 0 unspecified atom stereocenters. The molecule has 8 heteroatoms. The SMILES string of the molecule is COc1ccc(C(=O)Nc2sccc2C(=O)NN(C)C)cc1OC. The highest BCUT2D eigenvalue weighted by molar-refractivity contribution is 7.14. The first kappa shape index (κ1) is 17.8. The Labute approximate surface area is 144 Å². The number of methoxy groups -OCH3 is 2. The van der Waals surface area contributed by atoms with Crippen molar-refractivity contribution in [2.24, 2.45) is 0 Å². The van der Waals surface area contributed by atoms with Gasteiger partial charge in [-0.1, -0.05) is 0 Å². The first-order valence-corrected chi connectivity index (χ1v) is 7.93. The molecule has 0 atom stereocenters. The molecule has 0 bridgehead atoms. The number of anilines is 1. The molecule has 2 amide bonds. The summed E-state index contributed by atoms with van der Waals surface area (Å²) in [4.78, 5) is 24.5. The molecule has 0 saturated carbocycles. The Balaban J connectivity index is 2.19. The van der Waals surface area contributed by atoms with E-state index in [-0.39, 0.29) is 11.8 Å². The topological polar surface area (TPSA) is 79.9 Å². The van der Waals surface area contributed by atoms with E-state index in [1.165, 1.54) is 25.6 Å².